The van der Waals surface area contributed by atoms with Gasteiger partial charge >= 0.3 is 0 Å². The molecule has 0 aliphatic carbocycles. The quantitative estimate of drug-likeness (QED) is 0.770. The SMILES string of the molecule is Cn1ccnc1N1CCC(NC(=O)c2cnc(-c3ccccc3)s2)CC1. The predicted molar refractivity (Wildman–Crippen MR) is 103 cm³/mol. The molecule has 1 fully saturated rings. The van der Waals surface area contributed by atoms with Gasteiger partial charge in [-0.2, -0.15) is 0 Å². The van der Waals surface area contributed by atoms with Crippen molar-refractivity contribution < 1.29 is 4.79 Å². The summed E-state index contributed by atoms with van der Waals surface area (Å²) in [5.41, 5.74) is 1.04. The number of rotatable bonds is 4. The van der Waals surface area contributed by atoms with Crippen molar-refractivity contribution in [2.75, 3.05) is 18.0 Å². The second kappa shape index (κ2) is 7.29. The molecule has 1 aliphatic rings. The number of piperidine rings is 1. The predicted octanol–water partition coefficient (Wildman–Crippen LogP) is 2.94. The minimum absolute atomic E-state index is 0.0277. The Morgan fingerprint density at radius 2 is 1.96 bits per heavy atom. The third-order valence-electron chi connectivity index (χ3n) is 4.66. The van der Waals surface area contributed by atoms with Crippen molar-refractivity contribution in [3.05, 3.63) is 53.8 Å². The standard InChI is InChI=1S/C19H21N5OS/c1-23-12-9-20-19(23)24-10-7-15(8-11-24)22-17(25)16-13-21-18(26-16)14-5-3-2-4-6-14/h2-6,9,12-13,15H,7-8,10-11H2,1H3,(H,22,25). The number of imidazole rings is 1. The first kappa shape index (κ1) is 16.8. The van der Waals surface area contributed by atoms with Crippen LogP contribution in [0.3, 0.4) is 0 Å². The summed E-state index contributed by atoms with van der Waals surface area (Å²) in [7, 11) is 2.00. The van der Waals surface area contributed by atoms with E-state index >= 15 is 0 Å². The molecule has 0 unspecified atom stereocenters. The molecule has 0 radical (unpaired) electrons. The van der Waals surface area contributed by atoms with Gasteiger partial charge in [-0.15, -0.1) is 11.3 Å². The molecular formula is C19H21N5OS. The fraction of sp³-hybridized carbons (Fsp3) is 0.316. The van der Waals surface area contributed by atoms with Crippen LogP contribution in [0.5, 0.6) is 0 Å². The van der Waals surface area contributed by atoms with Crippen molar-refractivity contribution in [3.63, 3.8) is 0 Å². The van der Waals surface area contributed by atoms with Gasteiger partial charge in [0, 0.05) is 44.1 Å². The molecule has 0 atom stereocenters. The third kappa shape index (κ3) is 3.48. The largest absolute Gasteiger partial charge is 0.348 e. The maximum absolute atomic E-state index is 12.6. The highest BCUT2D eigenvalue weighted by atomic mass is 32.1. The van der Waals surface area contributed by atoms with Crippen LogP contribution in [0.15, 0.2) is 48.9 Å². The van der Waals surface area contributed by atoms with Crippen LogP contribution < -0.4 is 10.2 Å². The minimum Gasteiger partial charge on any atom is -0.348 e. The first-order valence-electron chi connectivity index (χ1n) is 8.75. The molecule has 0 bridgehead atoms. The molecule has 0 saturated carbocycles. The zero-order valence-corrected chi connectivity index (χ0v) is 15.4. The molecule has 4 rings (SSSR count). The van der Waals surface area contributed by atoms with Crippen molar-refractivity contribution in [3.8, 4) is 10.6 Å². The van der Waals surface area contributed by atoms with Gasteiger partial charge in [-0.1, -0.05) is 30.3 Å². The van der Waals surface area contributed by atoms with Gasteiger partial charge in [-0.05, 0) is 12.8 Å². The summed E-state index contributed by atoms with van der Waals surface area (Å²) >= 11 is 1.44. The molecule has 1 aliphatic heterocycles. The van der Waals surface area contributed by atoms with E-state index in [1.165, 1.54) is 11.3 Å². The Morgan fingerprint density at radius 1 is 1.19 bits per heavy atom. The van der Waals surface area contributed by atoms with Gasteiger partial charge in [0.25, 0.3) is 5.91 Å². The molecule has 3 heterocycles. The third-order valence-corrected chi connectivity index (χ3v) is 5.70. The highest BCUT2D eigenvalue weighted by molar-refractivity contribution is 7.16. The first-order chi connectivity index (χ1) is 12.7. The molecule has 6 nitrogen and oxygen atoms in total. The number of nitrogens with zero attached hydrogens (tertiary/aromatic N) is 4. The highest BCUT2D eigenvalue weighted by Gasteiger charge is 2.23. The van der Waals surface area contributed by atoms with E-state index in [4.69, 9.17) is 0 Å². The van der Waals surface area contributed by atoms with E-state index in [0.29, 0.717) is 4.88 Å². The van der Waals surface area contributed by atoms with Crippen molar-refractivity contribution in [2.24, 2.45) is 7.05 Å². The van der Waals surface area contributed by atoms with Crippen molar-refractivity contribution in [2.45, 2.75) is 18.9 Å². The number of aromatic nitrogens is 3. The second-order valence-electron chi connectivity index (χ2n) is 6.47. The topological polar surface area (TPSA) is 63.1 Å². The lowest BCUT2D eigenvalue weighted by Crippen LogP contribution is -2.45. The zero-order chi connectivity index (χ0) is 17.9. The molecule has 1 saturated heterocycles. The van der Waals surface area contributed by atoms with E-state index in [0.717, 1.165) is 42.5 Å². The summed E-state index contributed by atoms with van der Waals surface area (Å²) in [5.74, 6) is 0.963. The maximum atomic E-state index is 12.6. The number of anilines is 1. The minimum atomic E-state index is -0.0277. The molecule has 26 heavy (non-hydrogen) atoms. The number of benzene rings is 1. The van der Waals surface area contributed by atoms with Crippen LogP contribution in [0.25, 0.3) is 10.6 Å². The van der Waals surface area contributed by atoms with Gasteiger partial charge in [-0.3, -0.25) is 4.79 Å². The average Bonchev–Trinajstić information content (AvgIpc) is 3.32. The van der Waals surface area contributed by atoms with Crippen LogP contribution in [0.1, 0.15) is 22.5 Å². The summed E-state index contributed by atoms with van der Waals surface area (Å²) in [6, 6.07) is 10.1. The molecule has 3 aromatic rings. The van der Waals surface area contributed by atoms with Crippen LogP contribution in [-0.4, -0.2) is 39.6 Å². The van der Waals surface area contributed by atoms with Gasteiger partial charge in [0.05, 0.1) is 6.20 Å². The zero-order valence-electron chi connectivity index (χ0n) is 14.6. The summed E-state index contributed by atoms with van der Waals surface area (Å²) in [4.78, 5) is 24.3. The van der Waals surface area contributed by atoms with Gasteiger partial charge in [0.2, 0.25) is 5.95 Å². The van der Waals surface area contributed by atoms with E-state index in [1.807, 2.05) is 54.3 Å². The Balaban J connectivity index is 1.35. The Hall–Kier alpha value is -2.67. The lowest BCUT2D eigenvalue weighted by Gasteiger charge is -2.32. The molecular weight excluding hydrogens is 346 g/mol. The number of thiazole rings is 1. The van der Waals surface area contributed by atoms with Gasteiger partial charge in [-0.25, -0.2) is 9.97 Å². The molecule has 1 aromatic carbocycles. The summed E-state index contributed by atoms with van der Waals surface area (Å²) in [6.45, 7) is 1.79. The maximum Gasteiger partial charge on any atom is 0.263 e. The van der Waals surface area contributed by atoms with Crippen LogP contribution in [0.4, 0.5) is 5.95 Å². The Kier molecular flexibility index (Phi) is 4.71. The number of hydrogen-bond acceptors (Lipinski definition) is 5. The van der Waals surface area contributed by atoms with Gasteiger partial charge < -0.3 is 14.8 Å². The van der Waals surface area contributed by atoms with Crippen LogP contribution in [0, 0.1) is 0 Å². The Morgan fingerprint density at radius 3 is 2.65 bits per heavy atom. The molecule has 1 amide bonds. The van der Waals surface area contributed by atoms with E-state index in [1.54, 1.807) is 6.20 Å². The van der Waals surface area contributed by atoms with Crippen molar-refractivity contribution in [1.29, 1.82) is 0 Å². The normalized spacial score (nSPS) is 15.2. The van der Waals surface area contributed by atoms with Gasteiger partial charge in [0.1, 0.15) is 9.88 Å². The van der Waals surface area contributed by atoms with Crippen molar-refractivity contribution >= 4 is 23.2 Å². The lowest BCUT2D eigenvalue weighted by atomic mass is 10.1. The van der Waals surface area contributed by atoms with E-state index in [-0.39, 0.29) is 11.9 Å². The number of hydrogen-bond donors (Lipinski definition) is 1. The number of nitrogens with one attached hydrogen (secondary N) is 1. The van der Waals surface area contributed by atoms with Crippen LogP contribution in [-0.2, 0) is 7.05 Å². The van der Waals surface area contributed by atoms with Crippen LogP contribution in [0.2, 0.25) is 0 Å². The number of carbonyl (C=O) groups is 1. The van der Waals surface area contributed by atoms with Crippen LogP contribution >= 0.6 is 11.3 Å². The lowest BCUT2D eigenvalue weighted by molar-refractivity contribution is 0.0935. The van der Waals surface area contributed by atoms with E-state index < -0.39 is 0 Å². The fourth-order valence-corrected chi connectivity index (χ4v) is 4.06. The summed E-state index contributed by atoms with van der Waals surface area (Å²) in [6.07, 6.45) is 7.28. The molecule has 7 heteroatoms. The van der Waals surface area contributed by atoms with Gasteiger partial charge in [0.15, 0.2) is 0 Å². The number of aryl methyl sites for hydroxylation is 1. The van der Waals surface area contributed by atoms with E-state index in [9.17, 15) is 4.79 Å². The summed E-state index contributed by atoms with van der Waals surface area (Å²) < 4.78 is 2.03. The number of carbonyl (C=O) groups excluding carboxylic acids is 1. The summed E-state index contributed by atoms with van der Waals surface area (Å²) in [5, 5.41) is 4.03. The Bertz CT molecular complexity index is 880. The molecule has 2 aromatic heterocycles. The smallest absolute Gasteiger partial charge is 0.263 e. The number of amides is 1. The molecule has 1 N–H and O–H groups in total. The molecule has 0 spiro atoms. The van der Waals surface area contributed by atoms with Crippen molar-refractivity contribution in [1.82, 2.24) is 19.9 Å². The fourth-order valence-electron chi connectivity index (χ4n) is 3.24. The van der Waals surface area contributed by atoms with E-state index in [2.05, 4.69) is 20.2 Å². The highest BCUT2D eigenvalue weighted by Crippen LogP contribution is 2.25. The second-order valence-corrected chi connectivity index (χ2v) is 7.50. The molecule has 134 valence electrons. The average molecular weight is 367 g/mol. The Labute approximate surface area is 156 Å². The monoisotopic (exact) mass is 367 g/mol. The first-order valence-corrected chi connectivity index (χ1v) is 9.57.